The molecule has 0 aromatic heterocycles. The maximum atomic E-state index is 11.5. The summed E-state index contributed by atoms with van der Waals surface area (Å²) >= 11 is 0. The van der Waals surface area contributed by atoms with Crippen molar-refractivity contribution < 1.29 is 19.1 Å². The van der Waals surface area contributed by atoms with Crippen molar-refractivity contribution in [1.29, 1.82) is 5.26 Å². The van der Waals surface area contributed by atoms with E-state index in [1.165, 1.54) is 0 Å². The van der Waals surface area contributed by atoms with Gasteiger partial charge in [-0.1, -0.05) is 12.1 Å². The van der Waals surface area contributed by atoms with Crippen molar-refractivity contribution in [3.8, 4) is 11.8 Å². The Hall–Kier alpha value is -2.55. The fourth-order valence-corrected chi connectivity index (χ4v) is 1.57. The SMILES string of the molecule is COc1ccc(CCC(=O)OCC(=O)NCCC#N)cc1. The van der Waals surface area contributed by atoms with Crippen LogP contribution in [0.25, 0.3) is 0 Å². The van der Waals surface area contributed by atoms with Crippen molar-refractivity contribution in [3.63, 3.8) is 0 Å². The topological polar surface area (TPSA) is 88.4 Å². The zero-order valence-electron chi connectivity index (χ0n) is 11.9. The predicted octanol–water partition coefficient (Wildman–Crippen LogP) is 1.20. The number of benzene rings is 1. The van der Waals surface area contributed by atoms with Gasteiger partial charge in [-0.2, -0.15) is 5.26 Å². The van der Waals surface area contributed by atoms with Gasteiger partial charge in [-0.05, 0) is 24.1 Å². The van der Waals surface area contributed by atoms with E-state index in [1.807, 2.05) is 30.3 Å². The molecule has 6 nitrogen and oxygen atoms in total. The summed E-state index contributed by atoms with van der Waals surface area (Å²) in [6.07, 6.45) is 0.980. The van der Waals surface area contributed by atoms with E-state index < -0.39 is 11.9 Å². The number of hydrogen-bond donors (Lipinski definition) is 1. The lowest BCUT2D eigenvalue weighted by molar-refractivity contribution is -0.148. The number of esters is 1. The first-order chi connectivity index (χ1) is 10.2. The Balaban J connectivity index is 2.21. The molecule has 1 amide bonds. The number of hydrogen-bond acceptors (Lipinski definition) is 5. The fourth-order valence-electron chi connectivity index (χ4n) is 1.57. The molecule has 0 fully saturated rings. The first-order valence-corrected chi connectivity index (χ1v) is 6.58. The van der Waals surface area contributed by atoms with Gasteiger partial charge in [-0.15, -0.1) is 0 Å². The Kier molecular flexibility index (Phi) is 7.36. The second-order valence-electron chi connectivity index (χ2n) is 4.27. The van der Waals surface area contributed by atoms with Crippen molar-refractivity contribution in [2.75, 3.05) is 20.3 Å². The molecule has 0 atom stereocenters. The van der Waals surface area contributed by atoms with Gasteiger partial charge < -0.3 is 14.8 Å². The number of rotatable bonds is 8. The molecule has 21 heavy (non-hydrogen) atoms. The number of aryl methyl sites for hydroxylation is 1. The average Bonchev–Trinajstić information content (AvgIpc) is 2.51. The van der Waals surface area contributed by atoms with Gasteiger partial charge in [-0.3, -0.25) is 9.59 Å². The van der Waals surface area contributed by atoms with E-state index in [1.54, 1.807) is 7.11 Å². The molecule has 0 saturated heterocycles. The summed E-state index contributed by atoms with van der Waals surface area (Å²) in [5.74, 6) is -0.0698. The number of nitriles is 1. The normalized spacial score (nSPS) is 9.52. The van der Waals surface area contributed by atoms with Crippen LogP contribution in [-0.2, 0) is 20.7 Å². The molecule has 1 rings (SSSR count). The molecular weight excluding hydrogens is 272 g/mol. The van der Waals surface area contributed by atoms with Gasteiger partial charge in [0.25, 0.3) is 5.91 Å². The first-order valence-electron chi connectivity index (χ1n) is 6.58. The van der Waals surface area contributed by atoms with E-state index in [0.29, 0.717) is 6.42 Å². The van der Waals surface area contributed by atoms with Crippen LogP contribution in [0.4, 0.5) is 0 Å². The van der Waals surface area contributed by atoms with Crippen molar-refractivity contribution in [1.82, 2.24) is 5.32 Å². The van der Waals surface area contributed by atoms with Crippen molar-refractivity contribution in [2.45, 2.75) is 19.3 Å². The molecule has 6 heteroatoms. The van der Waals surface area contributed by atoms with Crippen LogP contribution >= 0.6 is 0 Å². The molecular formula is C15H18N2O4. The summed E-state index contributed by atoms with van der Waals surface area (Å²) in [7, 11) is 1.59. The summed E-state index contributed by atoms with van der Waals surface area (Å²) < 4.78 is 9.89. The number of amides is 1. The molecule has 0 radical (unpaired) electrons. The number of nitrogens with one attached hydrogen (secondary N) is 1. The highest BCUT2D eigenvalue weighted by Crippen LogP contribution is 2.12. The zero-order chi connectivity index (χ0) is 15.5. The molecule has 1 N–H and O–H groups in total. The summed E-state index contributed by atoms with van der Waals surface area (Å²) in [6, 6.07) is 9.30. The van der Waals surface area contributed by atoms with Gasteiger partial charge in [0.15, 0.2) is 6.61 Å². The number of methoxy groups -OCH3 is 1. The van der Waals surface area contributed by atoms with Crippen molar-refractivity contribution in [2.24, 2.45) is 0 Å². The first kappa shape index (κ1) is 16.5. The molecule has 1 aromatic rings. The lowest BCUT2D eigenvalue weighted by Crippen LogP contribution is -2.29. The molecule has 0 spiro atoms. The van der Waals surface area contributed by atoms with E-state index >= 15 is 0 Å². The van der Waals surface area contributed by atoms with Crippen LogP contribution < -0.4 is 10.1 Å². The molecule has 112 valence electrons. The molecule has 0 bridgehead atoms. The van der Waals surface area contributed by atoms with E-state index in [2.05, 4.69) is 5.32 Å². The average molecular weight is 290 g/mol. The van der Waals surface area contributed by atoms with Crippen LogP contribution in [0, 0.1) is 11.3 Å². The largest absolute Gasteiger partial charge is 0.497 e. The van der Waals surface area contributed by atoms with Gasteiger partial charge in [0.1, 0.15) is 5.75 Å². The van der Waals surface area contributed by atoms with E-state index in [4.69, 9.17) is 14.7 Å². The van der Waals surface area contributed by atoms with E-state index in [-0.39, 0.29) is 26.0 Å². The minimum absolute atomic E-state index is 0.206. The summed E-state index contributed by atoms with van der Waals surface area (Å²) in [5.41, 5.74) is 0.992. The Morgan fingerprint density at radius 1 is 1.29 bits per heavy atom. The molecule has 0 aliphatic heterocycles. The fraction of sp³-hybridized carbons (Fsp3) is 0.400. The Morgan fingerprint density at radius 3 is 2.62 bits per heavy atom. The van der Waals surface area contributed by atoms with E-state index in [0.717, 1.165) is 11.3 Å². The number of ether oxygens (including phenoxy) is 2. The number of nitrogens with zero attached hydrogens (tertiary/aromatic N) is 1. The molecule has 0 unspecified atom stereocenters. The third kappa shape index (κ3) is 6.97. The van der Waals surface area contributed by atoms with Crippen LogP contribution in [0.3, 0.4) is 0 Å². The molecule has 1 aromatic carbocycles. The van der Waals surface area contributed by atoms with Gasteiger partial charge in [0.2, 0.25) is 0 Å². The third-order valence-electron chi connectivity index (χ3n) is 2.70. The highest BCUT2D eigenvalue weighted by atomic mass is 16.5. The van der Waals surface area contributed by atoms with Gasteiger partial charge in [0, 0.05) is 13.0 Å². The number of carbonyl (C=O) groups is 2. The van der Waals surface area contributed by atoms with Crippen LogP contribution in [0.2, 0.25) is 0 Å². The Morgan fingerprint density at radius 2 is 2.00 bits per heavy atom. The van der Waals surface area contributed by atoms with Crippen molar-refractivity contribution >= 4 is 11.9 Å². The molecule has 0 aliphatic rings. The second-order valence-corrected chi connectivity index (χ2v) is 4.27. The molecule has 0 heterocycles. The summed E-state index contributed by atoms with van der Waals surface area (Å²) in [6.45, 7) is -0.0500. The smallest absolute Gasteiger partial charge is 0.306 e. The Labute approximate surface area is 123 Å². The van der Waals surface area contributed by atoms with Crippen LogP contribution in [-0.4, -0.2) is 32.1 Å². The maximum Gasteiger partial charge on any atom is 0.306 e. The highest BCUT2D eigenvalue weighted by molar-refractivity contribution is 5.80. The monoisotopic (exact) mass is 290 g/mol. The lowest BCUT2D eigenvalue weighted by Gasteiger charge is -2.06. The summed E-state index contributed by atoms with van der Waals surface area (Å²) in [5, 5.41) is 10.8. The standard InChI is InChI=1S/C15H18N2O4/c1-20-13-6-3-12(4-7-13)5-8-15(19)21-11-14(18)17-10-2-9-16/h3-4,6-7H,2,5,8,10-11H2,1H3,(H,17,18). The van der Waals surface area contributed by atoms with Crippen molar-refractivity contribution in [3.05, 3.63) is 29.8 Å². The quantitative estimate of drug-likeness (QED) is 0.574. The third-order valence-corrected chi connectivity index (χ3v) is 2.70. The van der Waals surface area contributed by atoms with Gasteiger partial charge in [-0.25, -0.2) is 0 Å². The van der Waals surface area contributed by atoms with Gasteiger partial charge in [0.05, 0.1) is 19.6 Å². The van der Waals surface area contributed by atoms with Crippen LogP contribution in [0.1, 0.15) is 18.4 Å². The predicted molar refractivity (Wildman–Crippen MR) is 75.5 cm³/mol. The highest BCUT2D eigenvalue weighted by Gasteiger charge is 2.07. The number of carbonyl (C=O) groups excluding carboxylic acids is 2. The minimum Gasteiger partial charge on any atom is -0.497 e. The van der Waals surface area contributed by atoms with Crippen LogP contribution in [0.15, 0.2) is 24.3 Å². The van der Waals surface area contributed by atoms with E-state index in [9.17, 15) is 9.59 Å². The molecule has 0 aliphatic carbocycles. The van der Waals surface area contributed by atoms with Gasteiger partial charge >= 0.3 is 5.97 Å². The second kappa shape index (κ2) is 9.37. The minimum atomic E-state index is -0.429. The summed E-state index contributed by atoms with van der Waals surface area (Å²) in [4.78, 5) is 22.8. The maximum absolute atomic E-state index is 11.5. The lowest BCUT2D eigenvalue weighted by atomic mass is 10.1. The molecule has 0 saturated carbocycles. The zero-order valence-corrected chi connectivity index (χ0v) is 11.9. The van der Waals surface area contributed by atoms with Crippen LogP contribution in [0.5, 0.6) is 5.75 Å². The Bertz CT molecular complexity index is 505.